The maximum absolute atomic E-state index is 11.1. The number of carbonyl (C=O) groups is 1. The minimum Gasteiger partial charge on any atom is -0.467 e. The number of methoxy groups -OCH3 is 1. The second kappa shape index (κ2) is 7.25. The number of nitrogens with one attached hydrogen (secondary N) is 3. The highest BCUT2D eigenvalue weighted by molar-refractivity contribution is 5.79. The number of likely N-dealkylation sites (N-methyl/N-ethyl adjacent to an activating group) is 1. The SMILES string of the molecule is CCCNc1nc(NCC(=O)NC)nc(OC)n1. The van der Waals surface area contributed by atoms with Crippen LogP contribution < -0.4 is 20.7 Å². The Bertz CT molecular complexity index is 398. The van der Waals surface area contributed by atoms with E-state index in [1.54, 1.807) is 7.05 Å². The molecule has 8 heteroatoms. The first kappa shape index (κ1) is 13.9. The summed E-state index contributed by atoms with van der Waals surface area (Å²) in [4.78, 5) is 23.3. The molecule has 100 valence electrons. The van der Waals surface area contributed by atoms with E-state index in [9.17, 15) is 4.79 Å². The van der Waals surface area contributed by atoms with Crippen LogP contribution in [0.1, 0.15) is 13.3 Å². The van der Waals surface area contributed by atoms with E-state index < -0.39 is 0 Å². The smallest absolute Gasteiger partial charge is 0.322 e. The lowest BCUT2D eigenvalue weighted by Crippen LogP contribution is -2.27. The Balaban J connectivity index is 2.73. The molecule has 1 rings (SSSR count). The molecule has 0 unspecified atom stereocenters. The van der Waals surface area contributed by atoms with Gasteiger partial charge in [0.25, 0.3) is 0 Å². The van der Waals surface area contributed by atoms with E-state index in [4.69, 9.17) is 4.74 Å². The van der Waals surface area contributed by atoms with Crippen molar-refractivity contribution in [2.24, 2.45) is 0 Å². The maximum Gasteiger partial charge on any atom is 0.322 e. The Morgan fingerprint density at radius 3 is 2.44 bits per heavy atom. The first-order valence-electron chi connectivity index (χ1n) is 5.68. The van der Waals surface area contributed by atoms with Gasteiger partial charge in [0.05, 0.1) is 13.7 Å². The predicted molar refractivity (Wildman–Crippen MR) is 67.7 cm³/mol. The van der Waals surface area contributed by atoms with Crippen molar-refractivity contribution in [3.8, 4) is 6.01 Å². The van der Waals surface area contributed by atoms with E-state index in [1.807, 2.05) is 6.92 Å². The van der Waals surface area contributed by atoms with Crippen LogP contribution in [0, 0.1) is 0 Å². The van der Waals surface area contributed by atoms with E-state index in [2.05, 4.69) is 30.9 Å². The Morgan fingerprint density at radius 1 is 1.22 bits per heavy atom. The summed E-state index contributed by atoms with van der Waals surface area (Å²) in [6.07, 6.45) is 0.953. The van der Waals surface area contributed by atoms with Crippen molar-refractivity contribution < 1.29 is 9.53 Å². The fourth-order valence-corrected chi connectivity index (χ4v) is 1.09. The van der Waals surface area contributed by atoms with Crippen LogP contribution in [0.3, 0.4) is 0 Å². The van der Waals surface area contributed by atoms with Crippen molar-refractivity contribution in [1.29, 1.82) is 0 Å². The zero-order valence-electron chi connectivity index (χ0n) is 10.8. The zero-order valence-corrected chi connectivity index (χ0v) is 10.8. The Kier molecular flexibility index (Phi) is 5.62. The second-order valence-electron chi connectivity index (χ2n) is 3.42. The molecule has 1 aromatic heterocycles. The third kappa shape index (κ3) is 4.40. The van der Waals surface area contributed by atoms with Gasteiger partial charge in [0.2, 0.25) is 17.8 Å². The molecule has 0 saturated heterocycles. The van der Waals surface area contributed by atoms with Crippen molar-refractivity contribution in [2.75, 3.05) is 37.9 Å². The summed E-state index contributed by atoms with van der Waals surface area (Å²) in [5, 5.41) is 8.31. The number of hydrogen-bond acceptors (Lipinski definition) is 7. The molecular weight excluding hydrogens is 236 g/mol. The van der Waals surface area contributed by atoms with E-state index in [0.29, 0.717) is 11.9 Å². The van der Waals surface area contributed by atoms with Gasteiger partial charge >= 0.3 is 6.01 Å². The lowest BCUT2D eigenvalue weighted by atomic mass is 10.5. The molecule has 0 spiro atoms. The van der Waals surface area contributed by atoms with Crippen molar-refractivity contribution in [2.45, 2.75) is 13.3 Å². The first-order valence-corrected chi connectivity index (χ1v) is 5.68. The van der Waals surface area contributed by atoms with Gasteiger partial charge in [0.1, 0.15) is 0 Å². The molecule has 0 aromatic carbocycles. The number of anilines is 2. The summed E-state index contributed by atoms with van der Waals surface area (Å²) in [7, 11) is 3.04. The molecule has 8 nitrogen and oxygen atoms in total. The molecule has 0 bridgehead atoms. The summed E-state index contributed by atoms with van der Waals surface area (Å²) in [5.41, 5.74) is 0. The van der Waals surface area contributed by atoms with Crippen molar-refractivity contribution in [3.63, 3.8) is 0 Å². The van der Waals surface area contributed by atoms with Gasteiger partial charge in [-0.25, -0.2) is 0 Å². The Hall–Kier alpha value is -2.12. The molecule has 18 heavy (non-hydrogen) atoms. The number of nitrogens with zero attached hydrogens (tertiary/aromatic N) is 3. The van der Waals surface area contributed by atoms with E-state index in [-0.39, 0.29) is 18.5 Å². The number of amides is 1. The third-order valence-electron chi connectivity index (χ3n) is 2.02. The summed E-state index contributed by atoms with van der Waals surface area (Å²) in [6.45, 7) is 2.88. The first-order chi connectivity index (χ1) is 8.69. The van der Waals surface area contributed by atoms with Crippen LogP contribution in [0.4, 0.5) is 11.9 Å². The van der Waals surface area contributed by atoms with E-state index in [1.165, 1.54) is 7.11 Å². The van der Waals surface area contributed by atoms with Gasteiger partial charge in [-0.05, 0) is 6.42 Å². The van der Waals surface area contributed by atoms with E-state index in [0.717, 1.165) is 13.0 Å². The Labute approximate surface area is 106 Å². The minimum absolute atomic E-state index is 0.0941. The van der Waals surface area contributed by atoms with Crippen molar-refractivity contribution in [1.82, 2.24) is 20.3 Å². The molecule has 1 aromatic rings. The molecule has 0 aliphatic carbocycles. The molecule has 0 aliphatic heterocycles. The summed E-state index contributed by atoms with van der Waals surface area (Å²) in [5.74, 6) is 0.560. The van der Waals surface area contributed by atoms with Crippen LogP contribution in [-0.4, -0.2) is 48.1 Å². The second-order valence-corrected chi connectivity index (χ2v) is 3.42. The normalized spacial score (nSPS) is 9.72. The minimum atomic E-state index is -0.155. The average Bonchev–Trinajstić information content (AvgIpc) is 2.42. The number of aromatic nitrogens is 3. The lowest BCUT2D eigenvalue weighted by molar-refractivity contribution is -0.118. The molecular formula is C10H18N6O2. The topological polar surface area (TPSA) is 101 Å². The molecule has 0 saturated carbocycles. The predicted octanol–water partition coefficient (Wildman–Crippen LogP) is -0.140. The quantitative estimate of drug-likeness (QED) is 0.622. The van der Waals surface area contributed by atoms with E-state index >= 15 is 0 Å². The van der Waals surface area contributed by atoms with Crippen LogP contribution in [0.2, 0.25) is 0 Å². The fraction of sp³-hybridized carbons (Fsp3) is 0.600. The lowest BCUT2D eigenvalue weighted by Gasteiger charge is -2.08. The number of carbonyl (C=O) groups excluding carboxylic acids is 1. The number of rotatable bonds is 7. The Morgan fingerprint density at radius 2 is 1.89 bits per heavy atom. The highest BCUT2D eigenvalue weighted by Gasteiger charge is 2.07. The monoisotopic (exact) mass is 254 g/mol. The molecule has 3 N–H and O–H groups in total. The van der Waals surface area contributed by atoms with Crippen LogP contribution in [0.25, 0.3) is 0 Å². The number of hydrogen-bond donors (Lipinski definition) is 3. The third-order valence-corrected chi connectivity index (χ3v) is 2.02. The van der Waals surface area contributed by atoms with Crippen LogP contribution in [0.15, 0.2) is 0 Å². The summed E-state index contributed by atoms with van der Waals surface area (Å²) < 4.78 is 4.97. The van der Waals surface area contributed by atoms with Crippen LogP contribution in [-0.2, 0) is 4.79 Å². The van der Waals surface area contributed by atoms with Crippen LogP contribution in [0.5, 0.6) is 6.01 Å². The van der Waals surface area contributed by atoms with Gasteiger partial charge in [-0.1, -0.05) is 6.92 Å². The van der Waals surface area contributed by atoms with Crippen molar-refractivity contribution >= 4 is 17.8 Å². The highest BCUT2D eigenvalue weighted by Crippen LogP contribution is 2.10. The fourth-order valence-electron chi connectivity index (χ4n) is 1.09. The molecule has 0 aliphatic rings. The summed E-state index contributed by atoms with van der Waals surface area (Å²) in [6, 6.07) is 0.197. The average molecular weight is 254 g/mol. The zero-order chi connectivity index (χ0) is 13.4. The van der Waals surface area contributed by atoms with Gasteiger partial charge in [0.15, 0.2) is 0 Å². The highest BCUT2D eigenvalue weighted by atomic mass is 16.5. The van der Waals surface area contributed by atoms with Gasteiger partial charge in [-0.3, -0.25) is 4.79 Å². The van der Waals surface area contributed by atoms with Crippen molar-refractivity contribution in [3.05, 3.63) is 0 Å². The molecule has 1 amide bonds. The largest absolute Gasteiger partial charge is 0.467 e. The van der Waals surface area contributed by atoms with Gasteiger partial charge < -0.3 is 20.7 Å². The molecule has 0 atom stereocenters. The van der Waals surface area contributed by atoms with Gasteiger partial charge in [0, 0.05) is 13.6 Å². The summed E-state index contributed by atoms with van der Waals surface area (Å²) >= 11 is 0. The maximum atomic E-state index is 11.1. The molecule has 1 heterocycles. The van der Waals surface area contributed by atoms with Crippen LogP contribution >= 0.6 is 0 Å². The standard InChI is InChI=1S/C10H18N6O2/c1-4-5-12-8-14-9(13-6-7(17)11-2)16-10(15-8)18-3/h4-6H2,1-3H3,(H,11,17)(H2,12,13,14,15,16). The molecule has 0 radical (unpaired) electrons. The molecule has 0 fully saturated rings. The number of ether oxygens (including phenoxy) is 1. The van der Waals surface area contributed by atoms with Gasteiger partial charge in [-0.2, -0.15) is 15.0 Å². The van der Waals surface area contributed by atoms with Gasteiger partial charge in [-0.15, -0.1) is 0 Å².